The van der Waals surface area contributed by atoms with Gasteiger partial charge in [0.1, 0.15) is 17.4 Å². The number of amides is 1. The Bertz CT molecular complexity index is 978. The Morgan fingerprint density at radius 1 is 1.24 bits per heavy atom. The highest BCUT2D eigenvalue weighted by Crippen LogP contribution is 2.35. The molecule has 0 unspecified atom stereocenters. The van der Waals surface area contributed by atoms with Crippen LogP contribution in [0.4, 0.5) is 5.69 Å². The molecule has 0 saturated heterocycles. The topological polar surface area (TPSA) is 97.7 Å². The Morgan fingerprint density at radius 2 is 1.93 bits per heavy atom. The number of esters is 1. The quantitative estimate of drug-likeness (QED) is 0.199. The van der Waals surface area contributed by atoms with E-state index in [-0.39, 0.29) is 5.57 Å². The van der Waals surface area contributed by atoms with Gasteiger partial charge in [-0.05, 0) is 77.6 Å². The third-order valence-electron chi connectivity index (χ3n) is 3.60. The molecule has 0 fully saturated rings. The second kappa shape index (κ2) is 10.5. The van der Waals surface area contributed by atoms with E-state index in [0.717, 1.165) is 0 Å². The van der Waals surface area contributed by atoms with Gasteiger partial charge >= 0.3 is 5.97 Å². The first-order valence-electron chi connectivity index (χ1n) is 8.59. The van der Waals surface area contributed by atoms with Gasteiger partial charge in [-0.25, -0.2) is 0 Å². The molecule has 2 rings (SSSR count). The molecule has 0 radical (unpaired) electrons. The van der Waals surface area contributed by atoms with E-state index in [0.29, 0.717) is 38.7 Å². The van der Waals surface area contributed by atoms with Gasteiger partial charge in [-0.1, -0.05) is 0 Å². The van der Waals surface area contributed by atoms with Gasteiger partial charge in [-0.2, -0.15) is 5.26 Å². The lowest BCUT2D eigenvalue weighted by atomic mass is 10.1. The molecule has 0 saturated carbocycles. The average Bonchev–Trinajstić information content (AvgIpc) is 2.69. The van der Waals surface area contributed by atoms with Gasteiger partial charge in [0.05, 0.1) is 17.3 Å². The van der Waals surface area contributed by atoms with Crippen molar-refractivity contribution in [1.82, 2.24) is 0 Å². The number of nitriles is 1. The number of hydrogen-bond acceptors (Lipinski definition) is 6. The smallest absolute Gasteiger partial charge is 0.308 e. The van der Waals surface area contributed by atoms with Crippen LogP contribution in [0, 0.1) is 14.9 Å². The molecule has 7 nitrogen and oxygen atoms in total. The van der Waals surface area contributed by atoms with E-state index in [9.17, 15) is 14.9 Å². The third-order valence-corrected chi connectivity index (χ3v) is 4.40. The molecule has 0 aliphatic rings. The first-order valence-corrected chi connectivity index (χ1v) is 9.67. The predicted molar refractivity (Wildman–Crippen MR) is 117 cm³/mol. The minimum absolute atomic E-state index is 0.0840. The molecule has 29 heavy (non-hydrogen) atoms. The first kappa shape index (κ1) is 22.2. The number of ether oxygens (including phenoxy) is 3. The van der Waals surface area contributed by atoms with E-state index in [1.54, 1.807) is 50.4 Å². The molecule has 0 bridgehead atoms. The highest BCUT2D eigenvalue weighted by atomic mass is 127. The van der Waals surface area contributed by atoms with E-state index < -0.39 is 11.9 Å². The molecule has 0 aliphatic heterocycles. The number of nitrogens with zero attached hydrogens (tertiary/aromatic N) is 1. The van der Waals surface area contributed by atoms with Crippen molar-refractivity contribution in [2.45, 2.75) is 13.8 Å². The molecule has 2 aromatic carbocycles. The lowest BCUT2D eigenvalue weighted by Gasteiger charge is -2.13. The molecule has 1 amide bonds. The van der Waals surface area contributed by atoms with Crippen LogP contribution >= 0.6 is 22.6 Å². The number of methoxy groups -OCH3 is 1. The monoisotopic (exact) mass is 506 g/mol. The number of carbonyl (C=O) groups is 2. The summed E-state index contributed by atoms with van der Waals surface area (Å²) in [5, 5.41) is 12.1. The number of nitrogens with one attached hydrogen (secondary N) is 1. The fourth-order valence-electron chi connectivity index (χ4n) is 2.37. The van der Waals surface area contributed by atoms with Crippen molar-refractivity contribution in [3.8, 4) is 23.3 Å². The molecule has 0 spiro atoms. The van der Waals surface area contributed by atoms with Crippen molar-refractivity contribution in [2.75, 3.05) is 19.0 Å². The van der Waals surface area contributed by atoms with Crippen LogP contribution in [0.2, 0.25) is 0 Å². The highest BCUT2D eigenvalue weighted by Gasteiger charge is 2.15. The van der Waals surface area contributed by atoms with Crippen LogP contribution in [0.25, 0.3) is 6.08 Å². The SMILES string of the molecule is CCOc1cc(/C=C(\C#N)C(=O)Nc2ccc(OC)cc2)cc(I)c1OC(C)=O. The zero-order chi connectivity index (χ0) is 21.4. The predicted octanol–water partition coefficient (Wildman–Crippen LogP) is 4.17. The van der Waals surface area contributed by atoms with Gasteiger partial charge in [0, 0.05) is 12.6 Å². The number of rotatable bonds is 7. The fourth-order valence-corrected chi connectivity index (χ4v) is 3.10. The minimum atomic E-state index is -0.547. The van der Waals surface area contributed by atoms with Crippen molar-refractivity contribution >= 4 is 46.2 Å². The molecule has 0 atom stereocenters. The van der Waals surface area contributed by atoms with E-state index in [1.807, 2.05) is 28.7 Å². The van der Waals surface area contributed by atoms with Gasteiger partial charge in [-0.3, -0.25) is 9.59 Å². The Labute approximate surface area is 182 Å². The summed E-state index contributed by atoms with van der Waals surface area (Å²) in [4.78, 5) is 23.8. The molecule has 0 heterocycles. The van der Waals surface area contributed by atoms with Gasteiger partial charge in [0.15, 0.2) is 11.5 Å². The first-order chi connectivity index (χ1) is 13.9. The molecule has 2 aromatic rings. The maximum Gasteiger partial charge on any atom is 0.308 e. The molecule has 8 heteroatoms. The second-order valence-electron chi connectivity index (χ2n) is 5.71. The van der Waals surface area contributed by atoms with Crippen LogP contribution in [0.1, 0.15) is 19.4 Å². The number of benzene rings is 2. The van der Waals surface area contributed by atoms with Crippen molar-refractivity contribution in [3.05, 3.63) is 51.1 Å². The van der Waals surface area contributed by atoms with Crippen LogP contribution in [0.15, 0.2) is 42.0 Å². The van der Waals surface area contributed by atoms with Crippen molar-refractivity contribution in [2.24, 2.45) is 0 Å². The molecule has 0 aliphatic carbocycles. The summed E-state index contributed by atoms with van der Waals surface area (Å²) in [6, 6.07) is 12.0. The van der Waals surface area contributed by atoms with E-state index >= 15 is 0 Å². The number of carbonyl (C=O) groups excluding carboxylic acids is 2. The van der Waals surface area contributed by atoms with E-state index in [2.05, 4.69) is 5.32 Å². The summed E-state index contributed by atoms with van der Waals surface area (Å²) in [7, 11) is 1.55. The molecule has 150 valence electrons. The molecule has 0 aromatic heterocycles. The van der Waals surface area contributed by atoms with Crippen molar-refractivity contribution < 1.29 is 23.8 Å². The number of anilines is 1. The summed E-state index contributed by atoms with van der Waals surface area (Å²) in [6.07, 6.45) is 1.45. The Hall–Kier alpha value is -3.06. The summed E-state index contributed by atoms with van der Waals surface area (Å²) >= 11 is 2.00. The molecular formula is C21H19IN2O5. The Kier molecular flexibility index (Phi) is 8.03. The summed E-state index contributed by atoms with van der Waals surface area (Å²) in [5.74, 6) is 0.301. The van der Waals surface area contributed by atoms with E-state index in [1.165, 1.54) is 13.0 Å². The lowest BCUT2D eigenvalue weighted by molar-refractivity contribution is -0.132. The molecule has 1 N–H and O–H groups in total. The van der Waals surface area contributed by atoms with Crippen LogP contribution in [0.5, 0.6) is 17.2 Å². The number of halogens is 1. The standard InChI is InChI=1S/C21H19IN2O5/c1-4-28-19-11-14(10-18(22)20(19)29-13(2)25)9-15(12-23)21(26)24-16-5-7-17(27-3)8-6-16/h5-11H,4H2,1-3H3,(H,24,26)/b15-9+. The van der Waals surface area contributed by atoms with Gasteiger partial charge in [0.25, 0.3) is 5.91 Å². The molecular weight excluding hydrogens is 487 g/mol. The van der Waals surface area contributed by atoms with Crippen molar-refractivity contribution in [1.29, 1.82) is 5.26 Å². The van der Waals surface area contributed by atoms with E-state index in [4.69, 9.17) is 14.2 Å². The van der Waals surface area contributed by atoms with Gasteiger partial charge in [-0.15, -0.1) is 0 Å². The second-order valence-corrected chi connectivity index (χ2v) is 6.87. The van der Waals surface area contributed by atoms with Crippen molar-refractivity contribution in [3.63, 3.8) is 0 Å². The van der Waals surface area contributed by atoms with Crippen LogP contribution in [-0.4, -0.2) is 25.6 Å². The Balaban J connectivity index is 2.32. The normalized spacial score (nSPS) is 10.7. The van der Waals surface area contributed by atoms with Crippen LogP contribution in [0.3, 0.4) is 0 Å². The summed E-state index contributed by atoms with van der Waals surface area (Å²) in [6.45, 7) is 3.47. The summed E-state index contributed by atoms with van der Waals surface area (Å²) < 4.78 is 16.5. The van der Waals surface area contributed by atoms with Crippen LogP contribution in [-0.2, 0) is 9.59 Å². The lowest BCUT2D eigenvalue weighted by Crippen LogP contribution is -2.13. The Morgan fingerprint density at radius 3 is 2.48 bits per heavy atom. The fraction of sp³-hybridized carbons (Fsp3) is 0.190. The van der Waals surface area contributed by atoms with Crippen LogP contribution < -0.4 is 19.5 Å². The maximum atomic E-state index is 12.5. The zero-order valence-corrected chi connectivity index (χ0v) is 18.3. The highest BCUT2D eigenvalue weighted by molar-refractivity contribution is 14.1. The average molecular weight is 506 g/mol. The largest absolute Gasteiger partial charge is 0.497 e. The maximum absolute atomic E-state index is 12.5. The van der Waals surface area contributed by atoms with Gasteiger partial charge in [0.2, 0.25) is 0 Å². The third kappa shape index (κ3) is 6.22. The summed E-state index contributed by atoms with van der Waals surface area (Å²) in [5.41, 5.74) is 1.02. The zero-order valence-electron chi connectivity index (χ0n) is 16.1. The minimum Gasteiger partial charge on any atom is -0.497 e. The van der Waals surface area contributed by atoms with Gasteiger partial charge < -0.3 is 19.5 Å². The number of hydrogen-bond donors (Lipinski definition) is 1.